The summed E-state index contributed by atoms with van der Waals surface area (Å²) in [6.07, 6.45) is 1.07. The van der Waals surface area contributed by atoms with Crippen LogP contribution in [-0.4, -0.2) is 36.5 Å². The Balaban J connectivity index is 2.60. The van der Waals surface area contributed by atoms with Crippen LogP contribution in [0.15, 0.2) is 0 Å². The van der Waals surface area contributed by atoms with E-state index in [0.717, 1.165) is 26.1 Å². The van der Waals surface area contributed by atoms with Gasteiger partial charge in [-0.1, -0.05) is 27.7 Å². The third-order valence-electron chi connectivity index (χ3n) is 3.04. The van der Waals surface area contributed by atoms with E-state index in [1.165, 1.54) is 0 Å². The molecule has 1 unspecified atom stereocenters. The van der Waals surface area contributed by atoms with E-state index in [9.17, 15) is 4.79 Å². The lowest BCUT2D eigenvalue weighted by Crippen LogP contribution is -2.44. The van der Waals surface area contributed by atoms with E-state index in [-0.39, 0.29) is 5.92 Å². The summed E-state index contributed by atoms with van der Waals surface area (Å²) in [7, 11) is 0. The standard InChI is InChI=1S/C12H24N2O/c1-9(2)11-8-14(7-5-6-13-11)12(15)10(3)4/h9-11,13H,5-8H2,1-4H3. The van der Waals surface area contributed by atoms with Crippen molar-refractivity contribution in [3.63, 3.8) is 0 Å². The van der Waals surface area contributed by atoms with Gasteiger partial charge in [-0.2, -0.15) is 0 Å². The summed E-state index contributed by atoms with van der Waals surface area (Å²) in [6, 6.07) is 0.454. The van der Waals surface area contributed by atoms with Crippen LogP contribution in [0.3, 0.4) is 0 Å². The van der Waals surface area contributed by atoms with Crippen molar-refractivity contribution in [2.24, 2.45) is 11.8 Å². The Morgan fingerprint density at radius 2 is 2.00 bits per heavy atom. The second-order valence-corrected chi connectivity index (χ2v) is 5.10. The monoisotopic (exact) mass is 212 g/mol. The van der Waals surface area contributed by atoms with Gasteiger partial charge in [0.05, 0.1) is 0 Å². The molecular weight excluding hydrogens is 188 g/mol. The molecule has 1 aliphatic rings. The van der Waals surface area contributed by atoms with Crippen LogP contribution in [0, 0.1) is 11.8 Å². The van der Waals surface area contributed by atoms with Crippen LogP contribution in [0.2, 0.25) is 0 Å². The van der Waals surface area contributed by atoms with Crippen molar-refractivity contribution < 1.29 is 4.79 Å². The normalized spacial score (nSPS) is 23.3. The van der Waals surface area contributed by atoms with E-state index in [4.69, 9.17) is 0 Å². The Kier molecular flexibility index (Phi) is 4.58. The molecule has 0 radical (unpaired) electrons. The van der Waals surface area contributed by atoms with Gasteiger partial charge in [0.2, 0.25) is 5.91 Å². The van der Waals surface area contributed by atoms with Crippen LogP contribution >= 0.6 is 0 Å². The highest BCUT2D eigenvalue weighted by molar-refractivity contribution is 5.78. The summed E-state index contributed by atoms with van der Waals surface area (Å²) in [6.45, 7) is 11.2. The molecule has 15 heavy (non-hydrogen) atoms. The zero-order valence-corrected chi connectivity index (χ0v) is 10.4. The fraction of sp³-hybridized carbons (Fsp3) is 0.917. The highest BCUT2D eigenvalue weighted by atomic mass is 16.2. The molecule has 1 fully saturated rings. The molecule has 3 nitrogen and oxygen atoms in total. The first kappa shape index (κ1) is 12.5. The predicted molar refractivity (Wildman–Crippen MR) is 62.7 cm³/mol. The van der Waals surface area contributed by atoms with Crippen molar-refractivity contribution in [1.29, 1.82) is 0 Å². The van der Waals surface area contributed by atoms with Crippen molar-refractivity contribution >= 4 is 5.91 Å². The molecule has 1 saturated heterocycles. The van der Waals surface area contributed by atoms with Crippen LogP contribution in [0.25, 0.3) is 0 Å². The van der Waals surface area contributed by atoms with Crippen LogP contribution < -0.4 is 5.32 Å². The first-order valence-corrected chi connectivity index (χ1v) is 6.04. The average molecular weight is 212 g/mol. The Labute approximate surface area is 93.2 Å². The summed E-state index contributed by atoms with van der Waals surface area (Å²) in [5.74, 6) is 1.01. The quantitative estimate of drug-likeness (QED) is 0.752. The number of hydrogen-bond donors (Lipinski definition) is 1. The zero-order chi connectivity index (χ0) is 11.4. The van der Waals surface area contributed by atoms with Gasteiger partial charge in [-0.05, 0) is 18.9 Å². The van der Waals surface area contributed by atoms with Crippen molar-refractivity contribution in [3.05, 3.63) is 0 Å². The minimum absolute atomic E-state index is 0.121. The molecule has 0 aromatic carbocycles. The van der Waals surface area contributed by atoms with Crippen LogP contribution in [0.5, 0.6) is 0 Å². The third-order valence-corrected chi connectivity index (χ3v) is 3.04. The van der Waals surface area contributed by atoms with Crippen LogP contribution in [0.1, 0.15) is 34.1 Å². The first-order valence-electron chi connectivity index (χ1n) is 6.04. The molecule has 1 N–H and O–H groups in total. The number of amides is 1. The van der Waals surface area contributed by atoms with E-state index in [1.54, 1.807) is 0 Å². The predicted octanol–water partition coefficient (Wildman–Crippen LogP) is 1.49. The fourth-order valence-corrected chi connectivity index (χ4v) is 1.96. The molecule has 0 aliphatic carbocycles. The lowest BCUT2D eigenvalue weighted by Gasteiger charge is -2.28. The Morgan fingerprint density at radius 3 is 2.53 bits per heavy atom. The first-order chi connectivity index (χ1) is 7.02. The number of rotatable bonds is 2. The molecule has 0 saturated carbocycles. The number of hydrogen-bond acceptors (Lipinski definition) is 2. The van der Waals surface area contributed by atoms with Gasteiger partial charge in [0.15, 0.2) is 0 Å². The molecule has 0 aromatic heterocycles. The molecule has 3 heteroatoms. The van der Waals surface area contributed by atoms with E-state index < -0.39 is 0 Å². The largest absolute Gasteiger partial charge is 0.341 e. The maximum absolute atomic E-state index is 11.9. The van der Waals surface area contributed by atoms with E-state index in [2.05, 4.69) is 19.2 Å². The Morgan fingerprint density at radius 1 is 1.33 bits per heavy atom. The summed E-state index contributed by atoms with van der Waals surface area (Å²) >= 11 is 0. The molecule has 0 aromatic rings. The minimum atomic E-state index is 0.121. The summed E-state index contributed by atoms with van der Waals surface area (Å²) < 4.78 is 0. The number of nitrogens with zero attached hydrogens (tertiary/aromatic N) is 1. The van der Waals surface area contributed by atoms with Crippen molar-refractivity contribution in [1.82, 2.24) is 10.2 Å². The van der Waals surface area contributed by atoms with Crippen molar-refractivity contribution in [3.8, 4) is 0 Å². The Bertz CT molecular complexity index is 214. The van der Waals surface area contributed by atoms with Gasteiger partial charge in [0, 0.05) is 25.0 Å². The SMILES string of the molecule is CC(C)C(=O)N1CCCNC(C(C)C)C1. The van der Waals surface area contributed by atoms with Gasteiger partial charge in [0.25, 0.3) is 0 Å². The molecular formula is C12H24N2O. The van der Waals surface area contributed by atoms with E-state index in [1.807, 2.05) is 18.7 Å². The average Bonchev–Trinajstić information content (AvgIpc) is 2.41. The topological polar surface area (TPSA) is 32.3 Å². The summed E-state index contributed by atoms with van der Waals surface area (Å²) in [5.41, 5.74) is 0. The molecule has 1 amide bonds. The summed E-state index contributed by atoms with van der Waals surface area (Å²) in [4.78, 5) is 13.9. The minimum Gasteiger partial charge on any atom is -0.341 e. The van der Waals surface area contributed by atoms with Crippen molar-refractivity contribution in [2.75, 3.05) is 19.6 Å². The van der Waals surface area contributed by atoms with Gasteiger partial charge < -0.3 is 10.2 Å². The maximum atomic E-state index is 11.9. The van der Waals surface area contributed by atoms with E-state index in [0.29, 0.717) is 17.9 Å². The molecule has 0 spiro atoms. The highest BCUT2D eigenvalue weighted by Crippen LogP contribution is 2.11. The lowest BCUT2D eigenvalue weighted by molar-refractivity contribution is -0.134. The second-order valence-electron chi connectivity index (χ2n) is 5.10. The molecule has 1 heterocycles. The van der Waals surface area contributed by atoms with Gasteiger partial charge in [-0.3, -0.25) is 4.79 Å². The fourth-order valence-electron chi connectivity index (χ4n) is 1.96. The molecule has 1 atom stereocenters. The van der Waals surface area contributed by atoms with Gasteiger partial charge in [-0.25, -0.2) is 0 Å². The lowest BCUT2D eigenvalue weighted by atomic mass is 10.0. The number of carbonyl (C=O) groups excluding carboxylic acids is 1. The molecule has 88 valence electrons. The van der Waals surface area contributed by atoms with Gasteiger partial charge >= 0.3 is 0 Å². The third kappa shape index (κ3) is 3.49. The highest BCUT2D eigenvalue weighted by Gasteiger charge is 2.24. The smallest absolute Gasteiger partial charge is 0.225 e. The summed E-state index contributed by atoms with van der Waals surface area (Å²) in [5, 5.41) is 3.51. The second kappa shape index (κ2) is 5.50. The van der Waals surface area contributed by atoms with Crippen LogP contribution in [-0.2, 0) is 4.79 Å². The van der Waals surface area contributed by atoms with Crippen LogP contribution in [0.4, 0.5) is 0 Å². The Hall–Kier alpha value is -0.570. The van der Waals surface area contributed by atoms with Gasteiger partial charge in [0.1, 0.15) is 0 Å². The molecule has 1 rings (SSSR count). The van der Waals surface area contributed by atoms with Crippen molar-refractivity contribution in [2.45, 2.75) is 40.2 Å². The van der Waals surface area contributed by atoms with Gasteiger partial charge in [-0.15, -0.1) is 0 Å². The van der Waals surface area contributed by atoms with E-state index >= 15 is 0 Å². The number of carbonyl (C=O) groups is 1. The zero-order valence-electron chi connectivity index (χ0n) is 10.4. The number of nitrogens with one attached hydrogen (secondary N) is 1. The molecule has 0 bridgehead atoms. The molecule has 1 aliphatic heterocycles. The maximum Gasteiger partial charge on any atom is 0.225 e.